The normalized spacial score (nSPS) is 11.8. The van der Waals surface area contributed by atoms with E-state index in [0.29, 0.717) is 11.5 Å². The van der Waals surface area contributed by atoms with Crippen LogP contribution in [0.2, 0.25) is 0 Å². The number of para-hydroxylation sites is 1. The summed E-state index contributed by atoms with van der Waals surface area (Å²) >= 11 is 0. The second-order valence-electron chi connectivity index (χ2n) is 4.23. The van der Waals surface area contributed by atoms with Gasteiger partial charge in [-0.1, -0.05) is 6.07 Å². The van der Waals surface area contributed by atoms with E-state index in [-0.39, 0.29) is 17.3 Å². The Hall–Kier alpha value is -1.93. The van der Waals surface area contributed by atoms with Gasteiger partial charge in [0.1, 0.15) is 16.5 Å². The van der Waals surface area contributed by atoms with Crippen LogP contribution >= 0.6 is 0 Å². The van der Waals surface area contributed by atoms with Crippen LogP contribution < -0.4 is 10.5 Å². The maximum atomic E-state index is 13.3. The summed E-state index contributed by atoms with van der Waals surface area (Å²) < 4.78 is 44.9. The second kappa shape index (κ2) is 5.22. The Morgan fingerprint density at radius 1 is 1.40 bits per heavy atom. The molecule has 20 heavy (non-hydrogen) atoms. The third kappa shape index (κ3) is 2.81. The molecule has 1 aromatic carbocycles. The fourth-order valence-corrected chi connectivity index (χ4v) is 2.71. The number of aryl methyl sites for hydroxylation is 2. The molecule has 3 N–H and O–H groups in total. The molecule has 2 rings (SSSR count). The van der Waals surface area contributed by atoms with E-state index in [1.807, 2.05) is 0 Å². The first-order valence-corrected chi connectivity index (χ1v) is 7.26. The van der Waals surface area contributed by atoms with Crippen molar-refractivity contribution in [1.29, 1.82) is 0 Å². The average Bonchev–Trinajstić information content (AvgIpc) is 2.70. The monoisotopic (exact) mass is 299 g/mol. The molecule has 0 saturated heterocycles. The third-order valence-corrected chi connectivity index (χ3v) is 4.25. The van der Waals surface area contributed by atoms with E-state index in [1.54, 1.807) is 13.8 Å². The summed E-state index contributed by atoms with van der Waals surface area (Å²) in [6, 6.07) is 3.60. The maximum Gasteiger partial charge on any atom is 0.243 e. The zero-order valence-corrected chi connectivity index (χ0v) is 11.8. The molecule has 0 aliphatic carbocycles. The lowest BCUT2D eigenvalue weighted by molar-refractivity contribution is 0.463. The van der Waals surface area contributed by atoms with E-state index in [9.17, 15) is 12.8 Å². The topological polar surface area (TPSA) is 98.2 Å². The minimum atomic E-state index is -3.93. The summed E-state index contributed by atoms with van der Waals surface area (Å²) in [6.45, 7) is 3.35. The van der Waals surface area contributed by atoms with Crippen LogP contribution in [0.25, 0.3) is 0 Å². The van der Waals surface area contributed by atoms with Crippen LogP contribution in [0.4, 0.5) is 10.1 Å². The minimum absolute atomic E-state index is 0.132. The van der Waals surface area contributed by atoms with E-state index in [1.165, 1.54) is 12.1 Å². The first-order valence-electron chi connectivity index (χ1n) is 5.78. The van der Waals surface area contributed by atoms with Crippen molar-refractivity contribution in [2.24, 2.45) is 0 Å². The summed E-state index contributed by atoms with van der Waals surface area (Å²) in [7, 11) is -3.93. The number of nitrogens with one attached hydrogen (secondary N) is 1. The molecule has 1 heterocycles. The van der Waals surface area contributed by atoms with Gasteiger partial charge in [0, 0.05) is 0 Å². The average molecular weight is 299 g/mol. The quantitative estimate of drug-likeness (QED) is 0.833. The smallest absolute Gasteiger partial charge is 0.243 e. The molecule has 0 aliphatic rings. The van der Waals surface area contributed by atoms with Gasteiger partial charge >= 0.3 is 0 Å². The van der Waals surface area contributed by atoms with Crippen LogP contribution in [0.15, 0.2) is 27.5 Å². The van der Waals surface area contributed by atoms with E-state index >= 15 is 0 Å². The molecule has 0 spiro atoms. The number of aromatic nitrogens is 1. The van der Waals surface area contributed by atoms with Crippen molar-refractivity contribution in [1.82, 2.24) is 9.71 Å². The summed E-state index contributed by atoms with van der Waals surface area (Å²) in [4.78, 5) is 3.74. The number of nitrogens with two attached hydrogens (primary N) is 1. The number of nitrogen functional groups attached to an aromatic ring is 1. The van der Waals surface area contributed by atoms with Crippen molar-refractivity contribution in [3.8, 4) is 0 Å². The number of sulfonamides is 1. The van der Waals surface area contributed by atoms with Crippen LogP contribution in [0.3, 0.4) is 0 Å². The number of anilines is 1. The number of rotatable bonds is 4. The molecule has 1 aromatic heterocycles. The first-order chi connectivity index (χ1) is 9.31. The third-order valence-electron chi connectivity index (χ3n) is 2.79. The van der Waals surface area contributed by atoms with Gasteiger partial charge in [0.05, 0.1) is 17.9 Å². The van der Waals surface area contributed by atoms with Crippen molar-refractivity contribution in [3.63, 3.8) is 0 Å². The fourth-order valence-electron chi connectivity index (χ4n) is 1.60. The lowest BCUT2D eigenvalue weighted by Crippen LogP contribution is -2.24. The highest BCUT2D eigenvalue weighted by Crippen LogP contribution is 2.21. The van der Waals surface area contributed by atoms with E-state index < -0.39 is 21.5 Å². The number of nitrogens with zero attached hydrogens (tertiary/aromatic N) is 1. The Labute approximate surface area is 115 Å². The van der Waals surface area contributed by atoms with Gasteiger partial charge in [0.15, 0.2) is 0 Å². The zero-order valence-electron chi connectivity index (χ0n) is 11.0. The van der Waals surface area contributed by atoms with Crippen molar-refractivity contribution in [2.75, 3.05) is 5.73 Å². The maximum absolute atomic E-state index is 13.3. The molecule has 0 bridgehead atoms. The first kappa shape index (κ1) is 14.5. The van der Waals surface area contributed by atoms with Crippen LogP contribution in [-0.4, -0.2) is 13.4 Å². The lowest BCUT2D eigenvalue weighted by Gasteiger charge is -2.08. The van der Waals surface area contributed by atoms with Crippen LogP contribution in [-0.2, 0) is 16.6 Å². The molecule has 0 amide bonds. The molecule has 108 valence electrons. The van der Waals surface area contributed by atoms with Gasteiger partial charge in [0.25, 0.3) is 0 Å². The number of benzene rings is 1. The second-order valence-corrected chi connectivity index (χ2v) is 5.96. The largest absolute Gasteiger partial charge is 0.444 e. The highest BCUT2D eigenvalue weighted by molar-refractivity contribution is 7.89. The molecular weight excluding hydrogens is 285 g/mol. The summed E-state index contributed by atoms with van der Waals surface area (Å²) in [6.07, 6.45) is 0. The van der Waals surface area contributed by atoms with Crippen molar-refractivity contribution in [3.05, 3.63) is 41.4 Å². The van der Waals surface area contributed by atoms with Gasteiger partial charge in [-0.15, -0.1) is 0 Å². The van der Waals surface area contributed by atoms with Gasteiger partial charge in [-0.25, -0.2) is 22.5 Å². The molecule has 2 aromatic rings. The van der Waals surface area contributed by atoms with Gasteiger partial charge in [-0.3, -0.25) is 0 Å². The Bertz CT molecular complexity index is 721. The van der Waals surface area contributed by atoms with Crippen molar-refractivity contribution in [2.45, 2.75) is 25.3 Å². The van der Waals surface area contributed by atoms with Gasteiger partial charge in [0.2, 0.25) is 15.9 Å². The van der Waals surface area contributed by atoms with E-state index in [2.05, 4.69) is 9.71 Å². The molecule has 0 aliphatic heterocycles. The number of hydrogen-bond donors (Lipinski definition) is 2. The molecule has 0 radical (unpaired) electrons. The summed E-state index contributed by atoms with van der Waals surface area (Å²) in [5.41, 5.74) is 5.70. The molecule has 0 atom stereocenters. The van der Waals surface area contributed by atoms with Gasteiger partial charge in [-0.05, 0) is 26.0 Å². The number of hydrogen-bond acceptors (Lipinski definition) is 5. The number of halogens is 1. The minimum Gasteiger partial charge on any atom is -0.444 e. The Balaban J connectivity index is 2.21. The van der Waals surface area contributed by atoms with E-state index in [0.717, 1.165) is 6.07 Å². The standard InChI is InChI=1S/C12H14FN3O3S/c1-7-8(2)19-11(16-7)6-15-20(17,18)10-5-3-4-9(13)12(10)14/h3-5,15H,6,14H2,1-2H3. The van der Waals surface area contributed by atoms with Gasteiger partial charge in [-0.2, -0.15) is 0 Å². The number of oxazole rings is 1. The van der Waals surface area contributed by atoms with Crippen molar-refractivity contribution < 1.29 is 17.2 Å². The van der Waals surface area contributed by atoms with Gasteiger partial charge < -0.3 is 10.2 Å². The molecule has 6 nitrogen and oxygen atoms in total. The zero-order chi connectivity index (χ0) is 14.9. The summed E-state index contributed by atoms with van der Waals surface area (Å²) in [5, 5.41) is 0. The van der Waals surface area contributed by atoms with E-state index in [4.69, 9.17) is 10.2 Å². The Morgan fingerprint density at radius 2 is 2.10 bits per heavy atom. The highest BCUT2D eigenvalue weighted by atomic mass is 32.2. The Morgan fingerprint density at radius 3 is 2.70 bits per heavy atom. The highest BCUT2D eigenvalue weighted by Gasteiger charge is 2.20. The molecule has 0 fully saturated rings. The predicted octanol–water partition coefficient (Wildman–Crippen LogP) is 1.49. The van der Waals surface area contributed by atoms with Crippen LogP contribution in [0.5, 0.6) is 0 Å². The Kier molecular flexibility index (Phi) is 3.78. The molecule has 0 unspecified atom stereocenters. The lowest BCUT2D eigenvalue weighted by atomic mass is 10.3. The molecule has 8 heteroatoms. The summed E-state index contributed by atoms with van der Waals surface area (Å²) in [5.74, 6) is 0.0682. The van der Waals surface area contributed by atoms with Crippen LogP contribution in [0.1, 0.15) is 17.3 Å². The molecule has 0 saturated carbocycles. The van der Waals surface area contributed by atoms with Crippen LogP contribution in [0, 0.1) is 19.7 Å². The van der Waals surface area contributed by atoms with Crippen molar-refractivity contribution >= 4 is 15.7 Å². The predicted molar refractivity (Wildman–Crippen MR) is 70.8 cm³/mol. The fraction of sp³-hybridized carbons (Fsp3) is 0.250. The molecular formula is C12H14FN3O3S. The SMILES string of the molecule is Cc1nc(CNS(=O)(=O)c2cccc(F)c2N)oc1C.